The van der Waals surface area contributed by atoms with Gasteiger partial charge in [-0.05, 0) is 42.7 Å². The maximum atomic E-state index is 13.1. The molecule has 0 fully saturated rings. The van der Waals surface area contributed by atoms with Gasteiger partial charge in [0.1, 0.15) is 12.3 Å². The standard InChI is InChI=1S/C25H28N2O4S/c1-4-31-22-15-10-14-21(17-22)27(32(3,29)30)18-24(28)26-25(20-12-6-5-7-13-20)23-16-9-8-11-19(23)2/h5-17,25H,4,18H2,1-3H3,(H,26,28). The van der Waals surface area contributed by atoms with Crippen molar-refractivity contribution in [3.63, 3.8) is 0 Å². The van der Waals surface area contributed by atoms with Crippen molar-refractivity contribution < 1.29 is 17.9 Å². The van der Waals surface area contributed by atoms with Gasteiger partial charge in [-0.1, -0.05) is 60.7 Å². The molecule has 1 unspecified atom stereocenters. The van der Waals surface area contributed by atoms with E-state index in [1.54, 1.807) is 24.3 Å². The highest BCUT2D eigenvalue weighted by Crippen LogP contribution is 2.26. The highest BCUT2D eigenvalue weighted by atomic mass is 32.2. The van der Waals surface area contributed by atoms with Gasteiger partial charge >= 0.3 is 0 Å². The van der Waals surface area contributed by atoms with Crippen LogP contribution in [0.5, 0.6) is 5.75 Å². The summed E-state index contributed by atoms with van der Waals surface area (Å²) >= 11 is 0. The second-order valence-electron chi connectivity index (χ2n) is 7.47. The van der Waals surface area contributed by atoms with Crippen LogP contribution in [0.3, 0.4) is 0 Å². The Labute approximate surface area is 189 Å². The molecule has 1 amide bonds. The van der Waals surface area contributed by atoms with E-state index in [-0.39, 0.29) is 6.54 Å². The van der Waals surface area contributed by atoms with Crippen molar-refractivity contribution in [2.75, 3.05) is 23.7 Å². The Morgan fingerprint density at radius 2 is 1.69 bits per heavy atom. The number of amides is 1. The van der Waals surface area contributed by atoms with E-state index in [4.69, 9.17) is 4.74 Å². The maximum Gasteiger partial charge on any atom is 0.241 e. The number of carbonyl (C=O) groups excluding carboxylic acids is 1. The summed E-state index contributed by atoms with van der Waals surface area (Å²) in [6.45, 7) is 3.95. The molecule has 1 atom stereocenters. The van der Waals surface area contributed by atoms with Crippen LogP contribution >= 0.6 is 0 Å². The molecule has 0 saturated carbocycles. The molecule has 0 spiro atoms. The molecule has 1 N–H and O–H groups in total. The minimum Gasteiger partial charge on any atom is -0.494 e. The second-order valence-corrected chi connectivity index (χ2v) is 9.37. The van der Waals surface area contributed by atoms with Gasteiger partial charge < -0.3 is 10.1 Å². The Kier molecular flexibility index (Phi) is 7.53. The van der Waals surface area contributed by atoms with Crippen LogP contribution in [-0.2, 0) is 14.8 Å². The Balaban J connectivity index is 1.90. The first-order valence-electron chi connectivity index (χ1n) is 10.4. The average molecular weight is 453 g/mol. The molecule has 0 saturated heterocycles. The zero-order valence-electron chi connectivity index (χ0n) is 18.5. The molecule has 7 heteroatoms. The third kappa shape index (κ3) is 5.88. The number of sulfonamides is 1. The first-order chi connectivity index (χ1) is 15.3. The lowest BCUT2D eigenvalue weighted by Gasteiger charge is -2.26. The average Bonchev–Trinajstić information content (AvgIpc) is 2.77. The number of ether oxygens (including phenoxy) is 1. The monoisotopic (exact) mass is 452 g/mol. The SMILES string of the molecule is CCOc1cccc(N(CC(=O)NC(c2ccccc2)c2ccccc2C)S(C)(=O)=O)c1. The predicted molar refractivity (Wildman–Crippen MR) is 127 cm³/mol. The molecule has 0 aliphatic heterocycles. The largest absolute Gasteiger partial charge is 0.494 e. The minimum atomic E-state index is -3.70. The summed E-state index contributed by atoms with van der Waals surface area (Å²) in [5, 5.41) is 3.03. The molecule has 0 aliphatic carbocycles. The smallest absolute Gasteiger partial charge is 0.241 e. The van der Waals surface area contributed by atoms with E-state index in [1.807, 2.05) is 68.4 Å². The van der Waals surface area contributed by atoms with E-state index in [0.717, 1.165) is 27.3 Å². The maximum absolute atomic E-state index is 13.1. The topological polar surface area (TPSA) is 75.7 Å². The number of nitrogens with one attached hydrogen (secondary N) is 1. The van der Waals surface area contributed by atoms with E-state index >= 15 is 0 Å². The number of aryl methyl sites for hydroxylation is 1. The van der Waals surface area contributed by atoms with Crippen LogP contribution in [0.4, 0.5) is 5.69 Å². The molecule has 3 aromatic carbocycles. The molecule has 0 aliphatic rings. The zero-order valence-corrected chi connectivity index (χ0v) is 19.3. The van der Waals surface area contributed by atoms with Crippen LogP contribution in [0.1, 0.15) is 29.7 Å². The highest BCUT2D eigenvalue weighted by Gasteiger charge is 2.24. The molecule has 3 aromatic rings. The lowest BCUT2D eigenvalue weighted by molar-refractivity contribution is -0.120. The molecule has 32 heavy (non-hydrogen) atoms. The molecule has 6 nitrogen and oxygen atoms in total. The summed E-state index contributed by atoms with van der Waals surface area (Å²) in [6, 6.07) is 23.8. The summed E-state index contributed by atoms with van der Waals surface area (Å²) in [5.41, 5.74) is 3.28. The molecule has 0 heterocycles. The van der Waals surface area contributed by atoms with Gasteiger partial charge in [-0.3, -0.25) is 9.10 Å². The van der Waals surface area contributed by atoms with Crippen LogP contribution in [0.25, 0.3) is 0 Å². The van der Waals surface area contributed by atoms with Gasteiger partial charge in [-0.2, -0.15) is 0 Å². The number of hydrogen-bond acceptors (Lipinski definition) is 4. The Morgan fingerprint density at radius 3 is 2.34 bits per heavy atom. The molecule has 168 valence electrons. The van der Waals surface area contributed by atoms with Gasteiger partial charge in [0.2, 0.25) is 15.9 Å². The van der Waals surface area contributed by atoms with Crippen molar-refractivity contribution in [1.82, 2.24) is 5.32 Å². The molecular weight excluding hydrogens is 424 g/mol. The van der Waals surface area contributed by atoms with Gasteiger partial charge in [-0.15, -0.1) is 0 Å². The summed E-state index contributed by atoms with van der Waals surface area (Å²) < 4.78 is 31.6. The Bertz CT molecular complexity index is 1160. The van der Waals surface area contributed by atoms with Crippen molar-refractivity contribution in [2.45, 2.75) is 19.9 Å². The lowest BCUT2D eigenvalue weighted by atomic mass is 9.95. The summed E-state index contributed by atoms with van der Waals surface area (Å²) in [4.78, 5) is 13.1. The molecule has 0 aromatic heterocycles. The lowest BCUT2D eigenvalue weighted by Crippen LogP contribution is -2.42. The van der Waals surface area contributed by atoms with Crippen LogP contribution in [-0.4, -0.2) is 33.7 Å². The van der Waals surface area contributed by atoms with Crippen molar-refractivity contribution >= 4 is 21.6 Å². The quantitative estimate of drug-likeness (QED) is 0.531. The summed E-state index contributed by atoms with van der Waals surface area (Å²) in [6.07, 6.45) is 1.09. The molecule has 0 radical (unpaired) electrons. The predicted octanol–water partition coefficient (Wildman–Crippen LogP) is 4.07. The van der Waals surface area contributed by atoms with Crippen molar-refractivity contribution in [3.8, 4) is 5.75 Å². The minimum absolute atomic E-state index is 0.344. The van der Waals surface area contributed by atoms with Crippen molar-refractivity contribution in [1.29, 1.82) is 0 Å². The molecule has 0 bridgehead atoms. The molecular formula is C25H28N2O4S. The third-order valence-corrected chi connectivity index (χ3v) is 6.18. The van der Waals surface area contributed by atoms with Gasteiger partial charge in [0.05, 0.1) is 24.6 Å². The van der Waals surface area contributed by atoms with Gasteiger partial charge in [0.15, 0.2) is 0 Å². The number of benzene rings is 3. The van der Waals surface area contributed by atoms with Crippen molar-refractivity contribution in [2.24, 2.45) is 0 Å². The fourth-order valence-electron chi connectivity index (χ4n) is 3.53. The van der Waals surface area contributed by atoms with Crippen LogP contribution in [0, 0.1) is 6.92 Å². The van der Waals surface area contributed by atoms with E-state index in [0.29, 0.717) is 18.0 Å². The normalized spacial score (nSPS) is 12.1. The summed E-state index contributed by atoms with van der Waals surface area (Å²) in [5.74, 6) is 0.135. The van der Waals surface area contributed by atoms with E-state index < -0.39 is 22.0 Å². The molecule has 3 rings (SSSR count). The first-order valence-corrected chi connectivity index (χ1v) is 12.2. The van der Waals surface area contributed by atoms with Gasteiger partial charge in [0.25, 0.3) is 0 Å². The fourth-order valence-corrected chi connectivity index (χ4v) is 4.38. The number of rotatable bonds is 9. The van der Waals surface area contributed by atoms with Crippen molar-refractivity contribution in [3.05, 3.63) is 95.6 Å². The third-order valence-electron chi connectivity index (χ3n) is 5.04. The highest BCUT2D eigenvalue weighted by molar-refractivity contribution is 7.92. The van der Waals surface area contributed by atoms with Crippen LogP contribution in [0.2, 0.25) is 0 Å². The van der Waals surface area contributed by atoms with E-state index in [1.165, 1.54) is 0 Å². The second kappa shape index (κ2) is 10.3. The Morgan fingerprint density at radius 1 is 1.00 bits per heavy atom. The zero-order chi connectivity index (χ0) is 23.1. The number of carbonyl (C=O) groups is 1. The van der Waals surface area contributed by atoms with Gasteiger partial charge in [0, 0.05) is 6.07 Å². The number of anilines is 1. The van der Waals surface area contributed by atoms with E-state index in [9.17, 15) is 13.2 Å². The van der Waals surface area contributed by atoms with Crippen LogP contribution < -0.4 is 14.4 Å². The summed E-state index contributed by atoms with van der Waals surface area (Å²) in [7, 11) is -3.70. The Hall–Kier alpha value is -3.32. The number of nitrogens with zero attached hydrogens (tertiary/aromatic N) is 1. The van der Waals surface area contributed by atoms with E-state index in [2.05, 4.69) is 5.32 Å². The number of hydrogen-bond donors (Lipinski definition) is 1. The first kappa shape index (κ1) is 23.3. The van der Waals surface area contributed by atoms with Gasteiger partial charge in [-0.25, -0.2) is 8.42 Å². The fraction of sp³-hybridized carbons (Fsp3) is 0.240. The van der Waals surface area contributed by atoms with Crippen LogP contribution in [0.15, 0.2) is 78.9 Å².